The maximum atomic E-state index is 12.7. The molecular weight excluding hydrogens is 394 g/mol. The fraction of sp³-hybridized carbons (Fsp3) is 0.550. The summed E-state index contributed by atoms with van der Waals surface area (Å²) < 4.78 is 5.83. The van der Waals surface area contributed by atoms with Crippen molar-refractivity contribution in [2.75, 3.05) is 26.7 Å². The normalized spacial score (nSPS) is 30.3. The van der Waals surface area contributed by atoms with Crippen LogP contribution >= 0.6 is 11.6 Å². The Morgan fingerprint density at radius 1 is 1.21 bits per heavy atom. The number of rotatable bonds is 4. The van der Waals surface area contributed by atoms with E-state index in [9.17, 15) is 9.59 Å². The molecule has 0 aliphatic carbocycles. The molecule has 3 aliphatic rings. The maximum absolute atomic E-state index is 12.7. The van der Waals surface area contributed by atoms with Gasteiger partial charge in [0, 0.05) is 31.7 Å². The third kappa shape index (κ3) is 4.10. The first kappa shape index (κ1) is 20.1. The molecule has 4 unspecified atom stereocenters. The second kappa shape index (κ2) is 7.93. The number of ether oxygens (including phenoxy) is 1. The number of amides is 3. The van der Waals surface area contributed by atoms with E-state index >= 15 is 0 Å². The highest BCUT2D eigenvalue weighted by atomic mass is 35.5. The molecule has 29 heavy (non-hydrogen) atoms. The van der Waals surface area contributed by atoms with E-state index in [1.807, 2.05) is 29.2 Å². The number of morpholine rings is 1. The zero-order valence-corrected chi connectivity index (χ0v) is 17.6. The Bertz CT molecular complexity index is 837. The molecule has 0 aromatic heterocycles. The first-order chi connectivity index (χ1) is 13.8. The van der Waals surface area contributed by atoms with Crippen molar-refractivity contribution in [2.45, 2.75) is 44.8 Å². The minimum atomic E-state index is -0.553. The summed E-state index contributed by atoms with van der Waals surface area (Å²) in [6, 6.07) is 6.61. The Labute approximate surface area is 175 Å². The summed E-state index contributed by atoms with van der Waals surface area (Å²) in [6.07, 6.45) is -0.254. The molecule has 3 aliphatic heterocycles. The molecule has 1 aromatic carbocycles. The Morgan fingerprint density at radius 3 is 2.62 bits per heavy atom. The van der Waals surface area contributed by atoms with E-state index in [0.717, 1.165) is 24.5 Å². The van der Waals surface area contributed by atoms with Crippen LogP contribution in [-0.2, 0) is 16.1 Å². The largest absolute Gasteiger partial charge is 0.373 e. The summed E-state index contributed by atoms with van der Waals surface area (Å²) >= 11 is 6.16. The van der Waals surface area contributed by atoms with Crippen molar-refractivity contribution >= 4 is 29.4 Å². The zero-order chi connectivity index (χ0) is 20.7. The number of hydrogen-bond acceptors (Lipinski definition) is 6. The molecule has 4 atom stereocenters. The van der Waals surface area contributed by atoms with Gasteiger partial charge in [0.2, 0.25) is 0 Å². The van der Waals surface area contributed by atoms with Crippen LogP contribution in [0.15, 0.2) is 29.3 Å². The number of aliphatic imine (C=N–C) groups is 1. The summed E-state index contributed by atoms with van der Waals surface area (Å²) in [5.74, 6) is 0.487. The first-order valence-electron chi connectivity index (χ1n) is 9.85. The van der Waals surface area contributed by atoms with Gasteiger partial charge in [-0.3, -0.25) is 15.0 Å². The van der Waals surface area contributed by atoms with Gasteiger partial charge in [-0.25, -0.2) is 9.79 Å². The van der Waals surface area contributed by atoms with Crippen LogP contribution < -0.4 is 5.32 Å². The molecule has 3 heterocycles. The number of nitrogens with zero attached hydrogens (tertiary/aromatic N) is 4. The predicted octanol–water partition coefficient (Wildman–Crippen LogP) is 1.54. The van der Waals surface area contributed by atoms with E-state index in [2.05, 4.69) is 24.1 Å². The molecule has 3 amide bonds. The number of carbonyl (C=O) groups is 2. The van der Waals surface area contributed by atoms with Crippen LogP contribution in [0.5, 0.6) is 0 Å². The number of likely N-dealkylation sites (N-methyl/N-ethyl adjacent to an activating group) is 1. The lowest BCUT2D eigenvalue weighted by molar-refractivity contribution is -0.127. The third-order valence-corrected chi connectivity index (χ3v) is 5.78. The van der Waals surface area contributed by atoms with Crippen LogP contribution in [0.2, 0.25) is 5.02 Å². The number of benzene rings is 1. The average Bonchev–Trinajstić information content (AvgIpc) is 2.98. The van der Waals surface area contributed by atoms with Crippen molar-refractivity contribution in [1.82, 2.24) is 20.0 Å². The van der Waals surface area contributed by atoms with Crippen LogP contribution in [0.25, 0.3) is 0 Å². The van der Waals surface area contributed by atoms with Crippen molar-refractivity contribution < 1.29 is 14.3 Å². The van der Waals surface area contributed by atoms with Gasteiger partial charge in [0.15, 0.2) is 12.2 Å². The molecule has 0 bridgehead atoms. The molecule has 9 heteroatoms. The number of hydrogen-bond donors (Lipinski definition) is 1. The van der Waals surface area contributed by atoms with E-state index in [1.165, 1.54) is 4.90 Å². The molecule has 0 spiro atoms. The van der Waals surface area contributed by atoms with Crippen molar-refractivity contribution in [3.05, 3.63) is 34.9 Å². The van der Waals surface area contributed by atoms with Crippen LogP contribution in [0.3, 0.4) is 0 Å². The van der Waals surface area contributed by atoms with Gasteiger partial charge in [-0.15, -0.1) is 0 Å². The van der Waals surface area contributed by atoms with Crippen molar-refractivity contribution in [3.63, 3.8) is 0 Å². The average molecular weight is 420 g/mol. The quantitative estimate of drug-likeness (QED) is 0.801. The summed E-state index contributed by atoms with van der Waals surface area (Å²) in [5.41, 5.74) is 0.988. The Hall–Kier alpha value is -2.16. The molecule has 4 rings (SSSR count). The maximum Gasteiger partial charge on any atom is 0.325 e. The fourth-order valence-electron chi connectivity index (χ4n) is 4.35. The van der Waals surface area contributed by atoms with E-state index < -0.39 is 18.2 Å². The van der Waals surface area contributed by atoms with E-state index in [0.29, 0.717) is 18.1 Å². The van der Waals surface area contributed by atoms with Gasteiger partial charge >= 0.3 is 6.03 Å². The van der Waals surface area contributed by atoms with Crippen molar-refractivity contribution in [3.8, 4) is 0 Å². The highest BCUT2D eigenvalue weighted by Crippen LogP contribution is 2.27. The molecule has 0 saturated carbocycles. The van der Waals surface area contributed by atoms with Crippen LogP contribution in [0.1, 0.15) is 19.4 Å². The highest BCUT2D eigenvalue weighted by Gasteiger charge is 2.48. The van der Waals surface area contributed by atoms with Crippen LogP contribution in [0, 0.1) is 0 Å². The lowest BCUT2D eigenvalue weighted by atomic mass is 10.1. The summed E-state index contributed by atoms with van der Waals surface area (Å²) in [4.78, 5) is 35.4. The second-order valence-electron chi connectivity index (χ2n) is 8.02. The first-order valence-corrected chi connectivity index (χ1v) is 10.2. The lowest BCUT2D eigenvalue weighted by Gasteiger charge is -2.38. The number of amidine groups is 1. The number of carbonyl (C=O) groups excluding carboxylic acids is 2. The molecule has 1 aromatic rings. The second-order valence-corrected chi connectivity index (χ2v) is 8.45. The molecule has 2 fully saturated rings. The van der Waals surface area contributed by atoms with Gasteiger partial charge in [0.1, 0.15) is 5.84 Å². The van der Waals surface area contributed by atoms with E-state index in [-0.39, 0.29) is 18.1 Å². The molecular formula is C20H26ClN5O3. The molecule has 0 radical (unpaired) electrons. The predicted molar refractivity (Wildman–Crippen MR) is 110 cm³/mol. The Balaban J connectivity index is 1.62. The van der Waals surface area contributed by atoms with Gasteiger partial charge in [-0.1, -0.05) is 23.7 Å². The number of halogens is 1. The number of urea groups is 1. The van der Waals surface area contributed by atoms with Gasteiger partial charge in [0.05, 0.1) is 18.8 Å². The Morgan fingerprint density at radius 2 is 1.93 bits per heavy atom. The zero-order valence-electron chi connectivity index (χ0n) is 16.8. The topological polar surface area (TPSA) is 77.5 Å². The van der Waals surface area contributed by atoms with E-state index in [1.54, 1.807) is 7.05 Å². The SMILES string of the molecule is CC1CN(CC2=NC3C(C(=O)NC(=O)N3C)N2Cc2cccc(Cl)c2)CC(C)O1. The monoisotopic (exact) mass is 419 g/mol. The van der Waals surface area contributed by atoms with Crippen molar-refractivity contribution in [1.29, 1.82) is 0 Å². The summed E-state index contributed by atoms with van der Waals surface area (Å²) in [6.45, 7) is 6.80. The fourth-order valence-corrected chi connectivity index (χ4v) is 4.56. The standard InChI is InChI=1S/C20H26ClN5O3/c1-12-8-25(9-13(2)29-12)11-16-22-18-17(19(27)23-20(28)24(18)3)26(16)10-14-5-4-6-15(21)7-14/h4-7,12-13,17-18H,8-11H2,1-3H3,(H,23,27,28). The Kier molecular flexibility index (Phi) is 5.50. The molecule has 2 saturated heterocycles. The van der Waals surface area contributed by atoms with Gasteiger partial charge in [-0.2, -0.15) is 0 Å². The van der Waals surface area contributed by atoms with Gasteiger partial charge in [-0.05, 0) is 31.5 Å². The van der Waals surface area contributed by atoms with E-state index in [4.69, 9.17) is 21.3 Å². The van der Waals surface area contributed by atoms with Crippen molar-refractivity contribution in [2.24, 2.45) is 4.99 Å². The third-order valence-electron chi connectivity index (χ3n) is 5.55. The number of fused-ring (bicyclic) bond motifs is 1. The van der Waals surface area contributed by atoms with Crippen LogP contribution in [0.4, 0.5) is 4.79 Å². The minimum absolute atomic E-state index is 0.136. The molecule has 1 N–H and O–H groups in total. The number of nitrogens with one attached hydrogen (secondary N) is 1. The highest BCUT2D eigenvalue weighted by molar-refractivity contribution is 6.30. The summed E-state index contributed by atoms with van der Waals surface area (Å²) in [5, 5.41) is 3.09. The lowest BCUT2D eigenvalue weighted by Crippen LogP contribution is -2.63. The van der Waals surface area contributed by atoms with Gasteiger partial charge < -0.3 is 14.5 Å². The molecule has 8 nitrogen and oxygen atoms in total. The van der Waals surface area contributed by atoms with Crippen LogP contribution in [-0.4, -0.2) is 83.6 Å². The summed E-state index contributed by atoms with van der Waals surface area (Å²) in [7, 11) is 1.67. The smallest absolute Gasteiger partial charge is 0.325 e. The minimum Gasteiger partial charge on any atom is -0.373 e. The molecule has 156 valence electrons. The van der Waals surface area contributed by atoms with Gasteiger partial charge in [0.25, 0.3) is 5.91 Å². The number of imide groups is 1.